The van der Waals surface area contributed by atoms with Gasteiger partial charge in [0, 0.05) is 82.5 Å². The Morgan fingerprint density at radius 1 is 0.623 bits per heavy atom. The molecule has 4 aliphatic carbocycles. The molecular weight excluding hydrogens is 1390 g/mol. The number of amides is 12. The second-order valence-corrected chi connectivity index (χ2v) is 33.6. The minimum atomic E-state index is -4.53. The van der Waals surface area contributed by atoms with Gasteiger partial charge in [-0.05, 0) is 132 Å². The highest BCUT2D eigenvalue weighted by Crippen LogP contribution is 2.44. The SMILES string of the molecule is CC[C@H](C)[C@@H]1NC(=O)[C@H](CC(C)C)N(C)C(=O)C[C@@H](C(=O)N(C)C)N(C)C(=O)[C@H]([C@@H](C)CC)N(C)C(=O)C2(CCCC2)NC(=O)[C@H](CC2CCCC(OC)C2)N(C)C(=O)[C@H](CCC2CCC(C(F)(F)F)C(Cl)C2)NC(=O)CN(C)C(=O)[C@H](CC2CCC(C)CC2)N(C)C(=O)[C@@H]2CCN2C(=O)[C@H](C)N(C)C1=O. The lowest BCUT2D eigenvalue weighted by molar-refractivity contribution is -0.182. The van der Waals surface area contributed by atoms with Crippen molar-refractivity contribution in [1.82, 2.24) is 60.0 Å². The molecule has 6 fully saturated rings. The van der Waals surface area contributed by atoms with E-state index in [-0.39, 0.29) is 101 Å². The molecule has 16 atom stereocenters. The Morgan fingerprint density at radius 3 is 1.78 bits per heavy atom. The molecule has 0 aromatic heterocycles. The Labute approximate surface area is 633 Å². The van der Waals surface area contributed by atoms with E-state index in [1.54, 1.807) is 21.0 Å². The zero-order valence-corrected chi connectivity index (χ0v) is 67.5. The van der Waals surface area contributed by atoms with Crippen LogP contribution in [-0.2, 0) is 62.3 Å². The van der Waals surface area contributed by atoms with Crippen molar-refractivity contribution < 1.29 is 75.4 Å². The molecule has 0 aromatic rings. The smallest absolute Gasteiger partial charge is 0.381 e. The first-order valence-corrected chi connectivity index (χ1v) is 39.6. The fourth-order valence-electron chi connectivity index (χ4n) is 17.0. The van der Waals surface area contributed by atoms with Gasteiger partial charge in [0.05, 0.1) is 25.0 Å². The van der Waals surface area contributed by atoms with Gasteiger partial charge in [0.1, 0.15) is 59.9 Å². The molecular formula is C77H128ClF3N12O13. The van der Waals surface area contributed by atoms with Crippen molar-refractivity contribution in [3.8, 4) is 0 Å². The van der Waals surface area contributed by atoms with Crippen LogP contribution in [0.15, 0.2) is 0 Å². The van der Waals surface area contributed by atoms with Gasteiger partial charge in [0.15, 0.2) is 0 Å². The highest BCUT2D eigenvalue weighted by Gasteiger charge is 2.52. The van der Waals surface area contributed by atoms with Gasteiger partial charge < -0.3 is 64.8 Å². The first-order valence-electron chi connectivity index (χ1n) is 39.2. The van der Waals surface area contributed by atoms with Gasteiger partial charge in [-0.15, -0.1) is 11.6 Å². The highest BCUT2D eigenvalue weighted by atomic mass is 35.5. The Morgan fingerprint density at radius 2 is 1.23 bits per heavy atom. The van der Waals surface area contributed by atoms with Gasteiger partial charge in [0.25, 0.3) is 0 Å². The van der Waals surface area contributed by atoms with Crippen molar-refractivity contribution >= 4 is 82.5 Å². The summed E-state index contributed by atoms with van der Waals surface area (Å²) in [6.45, 7) is 14.2. The number of likely N-dealkylation sites (N-methyl/N-ethyl adjacent to an activating group) is 8. The summed E-state index contributed by atoms with van der Waals surface area (Å²) in [4.78, 5) is 193. The average molecular weight is 1520 g/mol. The fourth-order valence-corrected chi connectivity index (χ4v) is 17.6. The van der Waals surface area contributed by atoms with Crippen LogP contribution in [0.4, 0.5) is 13.2 Å². The Balaban J connectivity index is 1.48. The number of alkyl halides is 4. The van der Waals surface area contributed by atoms with E-state index in [9.17, 15) is 41.9 Å². The molecule has 2 aliphatic heterocycles. The summed E-state index contributed by atoms with van der Waals surface area (Å²) < 4.78 is 48.3. The molecule has 602 valence electrons. The number of fused-ring (bicyclic) bond motifs is 1. The topological polar surface area (TPSA) is 279 Å². The second-order valence-electron chi connectivity index (χ2n) is 33.1. The number of nitrogens with one attached hydrogen (secondary N) is 3. The van der Waals surface area contributed by atoms with Crippen LogP contribution < -0.4 is 16.0 Å². The summed E-state index contributed by atoms with van der Waals surface area (Å²) in [5.74, 6) is -11.0. The number of halogens is 4. The van der Waals surface area contributed by atoms with Crippen LogP contribution in [0.2, 0.25) is 0 Å². The molecule has 0 bridgehead atoms. The first-order chi connectivity index (χ1) is 49.6. The molecule has 0 radical (unpaired) electrons. The summed E-state index contributed by atoms with van der Waals surface area (Å²) in [7, 11) is 14.6. The van der Waals surface area contributed by atoms with Crippen molar-refractivity contribution in [2.24, 2.45) is 47.3 Å². The quantitative estimate of drug-likeness (QED) is 0.137. The maximum Gasteiger partial charge on any atom is 0.393 e. The van der Waals surface area contributed by atoms with Crippen molar-refractivity contribution in [3.05, 3.63) is 0 Å². The molecule has 25 nitrogen and oxygen atoms in total. The molecule has 2 heterocycles. The van der Waals surface area contributed by atoms with Crippen LogP contribution >= 0.6 is 11.6 Å². The second kappa shape index (κ2) is 38.8. The predicted molar refractivity (Wildman–Crippen MR) is 397 cm³/mol. The van der Waals surface area contributed by atoms with E-state index in [1.807, 2.05) is 27.7 Å². The fraction of sp³-hybridized carbons (Fsp3) is 0.844. The van der Waals surface area contributed by atoms with Crippen molar-refractivity contribution in [1.29, 1.82) is 0 Å². The van der Waals surface area contributed by atoms with E-state index in [4.69, 9.17) is 16.3 Å². The normalized spacial score (nSPS) is 32.2. The van der Waals surface area contributed by atoms with Crippen molar-refractivity contribution in [2.75, 3.05) is 83.6 Å². The minimum absolute atomic E-state index is 0.00445. The number of ether oxygens (including phenoxy) is 1. The van der Waals surface area contributed by atoms with Crippen LogP contribution in [0.5, 0.6) is 0 Å². The van der Waals surface area contributed by atoms with E-state index in [2.05, 4.69) is 22.9 Å². The Hall–Kier alpha value is -6.32. The molecule has 6 rings (SSSR count). The van der Waals surface area contributed by atoms with E-state index >= 15 is 28.8 Å². The van der Waals surface area contributed by atoms with Crippen molar-refractivity contribution in [2.45, 2.75) is 287 Å². The minimum Gasteiger partial charge on any atom is -0.381 e. The molecule has 3 N–H and O–H groups in total. The molecule has 12 amide bonds. The number of hydrogen-bond acceptors (Lipinski definition) is 13. The number of carbonyl (C=O) groups excluding carboxylic acids is 12. The van der Waals surface area contributed by atoms with E-state index < -0.39 is 179 Å². The largest absolute Gasteiger partial charge is 0.393 e. The van der Waals surface area contributed by atoms with Gasteiger partial charge in [-0.25, -0.2) is 0 Å². The molecule has 2 saturated heterocycles. The lowest BCUT2D eigenvalue weighted by Gasteiger charge is -2.45. The molecule has 0 aromatic carbocycles. The lowest BCUT2D eigenvalue weighted by Crippen LogP contribution is -2.65. The van der Waals surface area contributed by atoms with Crippen LogP contribution in [0, 0.1) is 47.3 Å². The number of nitrogens with zero attached hydrogens (tertiary/aromatic N) is 9. The predicted octanol–water partition coefficient (Wildman–Crippen LogP) is 7.23. The summed E-state index contributed by atoms with van der Waals surface area (Å²) >= 11 is 6.48. The third-order valence-electron chi connectivity index (χ3n) is 24.9. The third kappa shape index (κ3) is 21.8. The highest BCUT2D eigenvalue weighted by molar-refractivity contribution is 6.21. The lowest BCUT2D eigenvalue weighted by atomic mass is 9.78. The zero-order valence-electron chi connectivity index (χ0n) is 66.7. The van der Waals surface area contributed by atoms with Gasteiger partial charge in [-0.1, -0.05) is 113 Å². The van der Waals surface area contributed by atoms with Gasteiger partial charge in [-0.3, -0.25) is 57.5 Å². The number of methoxy groups -OCH3 is 1. The third-order valence-corrected chi connectivity index (χ3v) is 25.4. The molecule has 6 aliphatic rings. The standard InChI is InChI=1S/C77H128ClF3N12O13/c1-19-47(6)64-73(103)87(12)49(8)68(98)93-37-34-57(93)72(102)90(15)60(41-51-28-26-46(5)27-29-51)71(101)86(11)44-62(94)82-56(33-31-50-30-32-54(55(78)40-50)77(79,80)81)69(99)89(14)59(42-52-24-23-25-53(39-52)106-18)67(97)84-76(35-21-22-36-76)75(105)92(17)65(48(7)20-2)74(104)91(16)61(70(100)85(9)10)43-63(95)88(13)58(38-45(3)4)66(96)83-64/h45-61,64-65H,19-44H2,1-18H3,(H,82,94)(H,83,96)(H,84,97)/t46?,47-,48-,49-,50?,51?,52?,53?,54?,55?,56-,57-,58-,59-,60-,61-,64-,65-/m0/s1. The van der Waals surface area contributed by atoms with Crippen LogP contribution in [-0.4, -0.2) is 276 Å². The molecule has 1 spiro atoms. The maximum absolute atomic E-state index is 15.8. The maximum atomic E-state index is 15.8. The Kier molecular flexibility index (Phi) is 32.5. The summed E-state index contributed by atoms with van der Waals surface area (Å²) in [6, 6.07) is -11.2. The Bertz CT molecular complexity index is 3080. The molecule has 29 heteroatoms. The molecule has 4 saturated carbocycles. The van der Waals surface area contributed by atoms with Crippen LogP contribution in [0.1, 0.15) is 209 Å². The number of hydrogen-bond donors (Lipinski definition) is 3. The summed E-state index contributed by atoms with van der Waals surface area (Å²) in [5.41, 5.74) is -1.63. The molecule has 5 unspecified atom stereocenters. The summed E-state index contributed by atoms with van der Waals surface area (Å²) in [5, 5.41) is 7.70. The molecule has 106 heavy (non-hydrogen) atoms. The van der Waals surface area contributed by atoms with E-state index in [0.29, 0.717) is 44.4 Å². The van der Waals surface area contributed by atoms with E-state index in [0.717, 1.165) is 43.4 Å². The van der Waals surface area contributed by atoms with Gasteiger partial charge in [-0.2, -0.15) is 13.2 Å². The zero-order chi connectivity index (χ0) is 79.3. The monoisotopic (exact) mass is 1520 g/mol. The van der Waals surface area contributed by atoms with Gasteiger partial charge >= 0.3 is 6.18 Å². The first kappa shape index (κ1) is 88.6. The van der Waals surface area contributed by atoms with E-state index in [1.165, 1.54) is 110 Å². The van der Waals surface area contributed by atoms with Crippen molar-refractivity contribution in [3.63, 3.8) is 0 Å². The average Bonchev–Trinajstić information content (AvgIpc) is 1.31. The number of carbonyl (C=O) groups is 12. The van der Waals surface area contributed by atoms with Gasteiger partial charge in [0.2, 0.25) is 70.9 Å². The summed E-state index contributed by atoms with van der Waals surface area (Å²) in [6.07, 6.45) is 3.29. The van der Waals surface area contributed by atoms with Crippen LogP contribution in [0.25, 0.3) is 0 Å². The number of rotatable bonds is 15. The van der Waals surface area contributed by atoms with Crippen LogP contribution in [0.3, 0.4) is 0 Å².